The Morgan fingerprint density at radius 2 is 0.434 bits per heavy atom. The molecule has 0 saturated carbocycles. The van der Waals surface area contributed by atoms with Gasteiger partial charge in [0.25, 0.3) is 0 Å². The average molecular weight is 1160 g/mol. The number of carbonyl (C=O) groups is 3. The van der Waals surface area contributed by atoms with Crippen LogP contribution < -0.4 is 0 Å². The number of unbranched alkanes of at least 4 members (excludes halogenated alkanes) is 50. The molecule has 0 aromatic rings. The van der Waals surface area contributed by atoms with Crippen LogP contribution in [-0.4, -0.2) is 37.2 Å². The van der Waals surface area contributed by atoms with E-state index in [1.165, 1.54) is 289 Å². The van der Waals surface area contributed by atoms with Crippen LogP contribution in [-0.2, 0) is 28.6 Å². The molecule has 6 heteroatoms. The number of carbonyl (C=O) groups excluding carboxylic acids is 3. The van der Waals surface area contributed by atoms with Crippen molar-refractivity contribution in [1.82, 2.24) is 0 Å². The van der Waals surface area contributed by atoms with Crippen LogP contribution in [0.5, 0.6) is 0 Å². The summed E-state index contributed by atoms with van der Waals surface area (Å²) < 4.78 is 17.0. The molecular formula is C77H142O6. The Labute approximate surface area is 518 Å². The van der Waals surface area contributed by atoms with Gasteiger partial charge in [0.15, 0.2) is 6.10 Å². The van der Waals surface area contributed by atoms with Crippen LogP contribution in [0.4, 0.5) is 0 Å². The van der Waals surface area contributed by atoms with Gasteiger partial charge >= 0.3 is 17.9 Å². The summed E-state index contributed by atoms with van der Waals surface area (Å²) in [5, 5.41) is 0. The van der Waals surface area contributed by atoms with Gasteiger partial charge in [0.2, 0.25) is 0 Å². The van der Waals surface area contributed by atoms with Gasteiger partial charge in [-0.15, -0.1) is 0 Å². The average Bonchev–Trinajstić information content (AvgIpc) is 3.50. The number of rotatable bonds is 69. The second-order valence-corrected chi connectivity index (χ2v) is 25.2. The van der Waals surface area contributed by atoms with E-state index in [1.807, 2.05) is 0 Å². The Bertz CT molecular complexity index is 1430. The summed E-state index contributed by atoms with van der Waals surface area (Å²) in [5.74, 6) is -0.848. The third-order valence-corrected chi connectivity index (χ3v) is 16.8. The van der Waals surface area contributed by atoms with Gasteiger partial charge in [-0.2, -0.15) is 0 Å². The Kier molecular flexibility index (Phi) is 69.6. The van der Waals surface area contributed by atoms with Gasteiger partial charge in [0, 0.05) is 19.3 Å². The normalized spacial score (nSPS) is 12.3. The number of hydrogen-bond donors (Lipinski definition) is 0. The van der Waals surface area contributed by atoms with E-state index in [9.17, 15) is 14.4 Å². The third kappa shape index (κ3) is 70.0. The quantitative estimate of drug-likeness (QED) is 0.0261. The first-order valence-electron chi connectivity index (χ1n) is 37.1. The van der Waals surface area contributed by atoms with Gasteiger partial charge in [-0.1, -0.05) is 352 Å². The van der Waals surface area contributed by atoms with Crippen molar-refractivity contribution in [3.8, 4) is 0 Å². The highest BCUT2D eigenvalue weighted by Gasteiger charge is 2.19. The van der Waals surface area contributed by atoms with Crippen molar-refractivity contribution in [1.29, 1.82) is 0 Å². The van der Waals surface area contributed by atoms with Crippen molar-refractivity contribution in [2.75, 3.05) is 13.2 Å². The Morgan fingerprint density at radius 1 is 0.241 bits per heavy atom. The lowest BCUT2D eigenvalue weighted by atomic mass is 10.0. The van der Waals surface area contributed by atoms with Crippen molar-refractivity contribution in [2.24, 2.45) is 0 Å². The molecule has 0 aliphatic rings. The van der Waals surface area contributed by atoms with Crippen LogP contribution in [0.2, 0.25) is 0 Å². The SMILES string of the molecule is CCCCCC/C=C\C/C=C\CCCCCCCCCC(=O)OC(COC(=O)CCCCCCCCCCCCCCCCCC)COC(=O)CCCCCCCCCCCCCCCCCCCCC/C=C\C/C=C\CCCCCCC. The summed E-state index contributed by atoms with van der Waals surface area (Å²) in [5.41, 5.74) is 0. The molecule has 0 aromatic heterocycles. The fraction of sp³-hybridized carbons (Fsp3) is 0.857. The first-order chi connectivity index (χ1) is 41.0. The summed E-state index contributed by atoms with van der Waals surface area (Å²) in [6.45, 7) is 6.68. The minimum absolute atomic E-state index is 0.0705. The van der Waals surface area contributed by atoms with Gasteiger partial charge < -0.3 is 14.2 Å². The van der Waals surface area contributed by atoms with Crippen molar-refractivity contribution >= 4 is 17.9 Å². The number of esters is 3. The molecular weight excluding hydrogens is 1020 g/mol. The van der Waals surface area contributed by atoms with E-state index >= 15 is 0 Å². The lowest BCUT2D eigenvalue weighted by Gasteiger charge is -2.18. The molecule has 0 aliphatic carbocycles. The summed E-state index contributed by atoms with van der Waals surface area (Å²) in [6, 6.07) is 0. The Morgan fingerprint density at radius 3 is 0.675 bits per heavy atom. The molecule has 486 valence electrons. The van der Waals surface area contributed by atoms with E-state index in [0.717, 1.165) is 77.0 Å². The molecule has 0 N–H and O–H groups in total. The number of allylic oxidation sites excluding steroid dienone is 8. The summed E-state index contributed by atoms with van der Waals surface area (Å²) >= 11 is 0. The first-order valence-corrected chi connectivity index (χ1v) is 37.1. The largest absolute Gasteiger partial charge is 0.462 e. The topological polar surface area (TPSA) is 78.9 Å². The zero-order chi connectivity index (χ0) is 59.9. The highest BCUT2D eigenvalue weighted by atomic mass is 16.6. The molecule has 0 aromatic carbocycles. The molecule has 83 heavy (non-hydrogen) atoms. The number of ether oxygens (including phenoxy) is 3. The van der Waals surface area contributed by atoms with Gasteiger partial charge in [0.1, 0.15) is 13.2 Å². The zero-order valence-electron chi connectivity index (χ0n) is 56.0. The van der Waals surface area contributed by atoms with Gasteiger partial charge in [0.05, 0.1) is 0 Å². The fourth-order valence-corrected chi connectivity index (χ4v) is 11.2. The molecule has 1 unspecified atom stereocenters. The van der Waals surface area contributed by atoms with Crippen LogP contribution >= 0.6 is 0 Å². The fourth-order valence-electron chi connectivity index (χ4n) is 11.2. The van der Waals surface area contributed by atoms with E-state index in [1.54, 1.807) is 0 Å². The van der Waals surface area contributed by atoms with Crippen LogP contribution in [0.3, 0.4) is 0 Å². The summed E-state index contributed by atoms with van der Waals surface area (Å²) in [4.78, 5) is 38.5. The lowest BCUT2D eigenvalue weighted by Crippen LogP contribution is -2.30. The van der Waals surface area contributed by atoms with Crippen LogP contribution in [0.15, 0.2) is 48.6 Å². The summed E-state index contributed by atoms with van der Waals surface area (Å²) in [7, 11) is 0. The minimum Gasteiger partial charge on any atom is -0.462 e. The molecule has 0 bridgehead atoms. The molecule has 0 heterocycles. The van der Waals surface area contributed by atoms with Crippen LogP contribution in [0.1, 0.15) is 406 Å². The molecule has 6 nitrogen and oxygen atoms in total. The molecule has 0 aliphatic heterocycles. The van der Waals surface area contributed by atoms with E-state index in [0.29, 0.717) is 19.3 Å². The van der Waals surface area contributed by atoms with E-state index in [-0.39, 0.29) is 31.1 Å². The van der Waals surface area contributed by atoms with Crippen molar-refractivity contribution in [3.63, 3.8) is 0 Å². The maximum Gasteiger partial charge on any atom is 0.306 e. The van der Waals surface area contributed by atoms with Gasteiger partial charge in [-0.05, 0) is 83.5 Å². The van der Waals surface area contributed by atoms with E-state index < -0.39 is 6.10 Å². The van der Waals surface area contributed by atoms with Gasteiger partial charge in [-0.25, -0.2) is 0 Å². The Balaban J connectivity index is 4.20. The van der Waals surface area contributed by atoms with Crippen LogP contribution in [0, 0.1) is 0 Å². The lowest BCUT2D eigenvalue weighted by molar-refractivity contribution is -0.167. The zero-order valence-corrected chi connectivity index (χ0v) is 56.0. The molecule has 0 spiro atoms. The maximum absolute atomic E-state index is 13.0. The molecule has 0 rings (SSSR count). The highest BCUT2D eigenvalue weighted by Crippen LogP contribution is 2.19. The molecule has 0 amide bonds. The van der Waals surface area contributed by atoms with Crippen molar-refractivity contribution in [2.45, 2.75) is 412 Å². The minimum atomic E-state index is -0.776. The van der Waals surface area contributed by atoms with E-state index in [2.05, 4.69) is 69.4 Å². The predicted molar refractivity (Wildman–Crippen MR) is 362 cm³/mol. The Hall–Kier alpha value is -2.63. The smallest absolute Gasteiger partial charge is 0.306 e. The third-order valence-electron chi connectivity index (χ3n) is 16.8. The molecule has 0 saturated heterocycles. The summed E-state index contributed by atoms with van der Waals surface area (Å²) in [6.07, 6.45) is 91.5. The predicted octanol–water partition coefficient (Wildman–Crippen LogP) is 25.7. The van der Waals surface area contributed by atoms with Crippen LogP contribution in [0.25, 0.3) is 0 Å². The van der Waals surface area contributed by atoms with Crippen molar-refractivity contribution < 1.29 is 28.6 Å². The number of hydrogen-bond acceptors (Lipinski definition) is 6. The molecule has 0 radical (unpaired) electrons. The maximum atomic E-state index is 13.0. The second-order valence-electron chi connectivity index (χ2n) is 25.2. The highest BCUT2D eigenvalue weighted by molar-refractivity contribution is 5.71. The first kappa shape index (κ1) is 80.4. The van der Waals surface area contributed by atoms with E-state index in [4.69, 9.17) is 14.2 Å². The monoisotopic (exact) mass is 1160 g/mol. The van der Waals surface area contributed by atoms with Gasteiger partial charge in [-0.3, -0.25) is 14.4 Å². The molecule has 1 atom stereocenters. The van der Waals surface area contributed by atoms with Crippen molar-refractivity contribution in [3.05, 3.63) is 48.6 Å². The standard InChI is InChI=1S/C77H142O6/c1-4-7-10-13-16-19-22-25-28-31-33-34-35-36-37-38-39-40-41-42-43-44-45-47-49-52-55-58-61-64-67-70-76(79)82-73-74(72-81-75(78)69-66-63-60-57-54-51-48-30-27-24-21-18-15-12-9-6-3)83-77(80)71-68-65-62-59-56-53-50-46-32-29-26-23-20-17-14-11-8-5-2/h20,22-23,25,29,31-33,74H,4-19,21,24,26-28,30,34-73H2,1-3H3/b23-20-,25-22-,32-29-,33-31-. The molecule has 0 fully saturated rings. The second kappa shape index (κ2) is 71.8.